The van der Waals surface area contributed by atoms with Crippen molar-refractivity contribution in [3.8, 4) is 0 Å². The van der Waals surface area contributed by atoms with E-state index in [-0.39, 0.29) is 0 Å². The molecule has 0 saturated heterocycles. The Morgan fingerprint density at radius 1 is 1.00 bits per heavy atom. The molecule has 5 heteroatoms. The van der Waals surface area contributed by atoms with E-state index in [1.54, 1.807) is 23.9 Å². The third kappa shape index (κ3) is 7.97. The summed E-state index contributed by atoms with van der Waals surface area (Å²) in [6.07, 6.45) is 3.98. The predicted molar refractivity (Wildman–Crippen MR) is 113 cm³/mol. The first-order valence-corrected chi connectivity index (χ1v) is 13.6. The van der Waals surface area contributed by atoms with E-state index in [4.69, 9.17) is 0 Å². The van der Waals surface area contributed by atoms with Gasteiger partial charge >= 0.3 is 5.97 Å². The Kier molecular flexibility index (Phi) is 11.2. The zero-order valence-electron chi connectivity index (χ0n) is 16.1. The first kappa shape index (κ1) is 22.3. The van der Waals surface area contributed by atoms with Crippen LogP contribution < -0.4 is 5.32 Å². The number of carboxylic acids is 1. The molecule has 0 bridgehead atoms. The SMILES string of the molecule is CCC[Si](CCC)(CCC)CCNCCSc1ccccc1C(=O)O. The van der Waals surface area contributed by atoms with Crippen molar-refractivity contribution in [1.29, 1.82) is 0 Å². The molecule has 0 amide bonds. The fraction of sp³-hybridized carbons (Fsp3) is 0.650. The van der Waals surface area contributed by atoms with E-state index in [9.17, 15) is 9.90 Å². The van der Waals surface area contributed by atoms with Crippen LogP contribution in [0.4, 0.5) is 0 Å². The summed E-state index contributed by atoms with van der Waals surface area (Å²) >= 11 is 1.63. The van der Waals surface area contributed by atoms with Crippen molar-refractivity contribution >= 4 is 25.8 Å². The molecule has 142 valence electrons. The molecule has 0 fully saturated rings. The van der Waals surface area contributed by atoms with Gasteiger partial charge in [0, 0.05) is 17.2 Å². The van der Waals surface area contributed by atoms with Crippen LogP contribution >= 0.6 is 11.8 Å². The monoisotopic (exact) mass is 381 g/mol. The lowest BCUT2D eigenvalue weighted by Gasteiger charge is -2.31. The first-order valence-electron chi connectivity index (χ1n) is 9.74. The van der Waals surface area contributed by atoms with Crippen LogP contribution in [0.2, 0.25) is 24.2 Å². The molecule has 1 aromatic carbocycles. The molecule has 0 spiro atoms. The number of carbonyl (C=O) groups is 1. The largest absolute Gasteiger partial charge is 0.478 e. The smallest absolute Gasteiger partial charge is 0.336 e. The molecule has 1 aromatic rings. The number of carboxylic acid groups (broad SMARTS) is 1. The van der Waals surface area contributed by atoms with Crippen LogP contribution in [0.3, 0.4) is 0 Å². The van der Waals surface area contributed by atoms with E-state index >= 15 is 0 Å². The maximum Gasteiger partial charge on any atom is 0.336 e. The van der Waals surface area contributed by atoms with Crippen LogP contribution in [0.25, 0.3) is 0 Å². The second-order valence-corrected chi connectivity index (χ2v) is 13.0. The van der Waals surface area contributed by atoms with Gasteiger partial charge in [-0.15, -0.1) is 11.8 Å². The zero-order chi connectivity index (χ0) is 18.5. The molecule has 0 aliphatic heterocycles. The minimum Gasteiger partial charge on any atom is -0.478 e. The van der Waals surface area contributed by atoms with E-state index < -0.39 is 14.0 Å². The Hall–Kier alpha value is -0.783. The summed E-state index contributed by atoms with van der Waals surface area (Å²) in [5.41, 5.74) is 0.410. The second-order valence-electron chi connectivity index (χ2n) is 6.90. The van der Waals surface area contributed by atoms with Gasteiger partial charge in [0.2, 0.25) is 0 Å². The Bertz CT molecular complexity index is 493. The van der Waals surface area contributed by atoms with Gasteiger partial charge in [0.15, 0.2) is 0 Å². The van der Waals surface area contributed by atoms with E-state index in [0.717, 1.165) is 23.7 Å². The summed E-state index contributed by atoms with van der Waals surface area (Å²) in [4.78, 5) is 12.1. The minimum atomic E-state index is -1.09. The number of hydrogen-bond donors (Lipinski definition) is 2. The molecular weight excluding hydrogens is 346 g/mol. The number of benzene rings is 1. The van der Waals surface area contributed by atoms with E-state index in [2.05, 4.69) is 26.1 Å². The van der Waals surface area contributed by atoms with Crippen LogP contribution in [-0.2, 0) is 0 Å². The normalized spacial score (nSPS) is 11.6. The molecule has 0 aliphatic rings. The highest BCUT2D eigenvalue weighted by Crippen LogP contribution is 2.29. The molecule has 25 heavy (non-hydrogen) atoms. The highest BCUT2D eigenvalue weighted by Gasteiger charge is 2.29. The van der Waals surface area contributed by atoms with Gasteiger partial charge in [0.25, 0.3) is 0 Å². The second kappa shape index (κ2) is 12.6. The number of rotatable bonds is 14. The topological polar surface area (TPSA) is 49.3 Å². The van der Waals surface area contributed by atoms with E-state index in [1.165, 1.54) is 43.4 Å². The first-order chi connectivity index (χ1) is 12.1. The number of thioether (sulfide) groups is 1. The fourth-order valence-corrected chi connectivity index (χ4v) is 10.2. The maximum atomic E-state index is 11.2. The third-order valence-corrected chi connectivity index (χ3v) is 11.9. The average molecular weight is 382 g/mol. The van der Waals surface area contributed by atoms with Crippen molar-refractivity contribution in [3.05, 3.63) is 29.8 Å². The van der Waals surface area contributed by atoms with Gasteiger partial charge in [0.1, 0.15) is 0 Å². The molecule has 0 heterocycles. The van der Waals surface area contributed by atoms with Gasteiger partial charge < -0.3 is 10.4 Å². The highest BCUT2D eigenvalue weighted by molar-refractivity contribution is 7.99. The molecule has 1 rings (SSSR count). The number of hydrogen-bond acceptors (Lipinski definition) is 3. The molecule has 3 nitrogen and oxygen atoms in total. The lowest BCUT2D eigenvalue weighted by atomic mass is 10.2. The van der Waals surface area contributed by atoms with Gasteiger partial charge in [-0.3, -0.25) is 0 Å². The van der Waals surface area contributed by atoms with Gasteiger partial charge in [-0.25, -0.2) is 4.79 Å². The molecule has 0 aromatic heterocycles. The summed E-state index contributed by atoms with van der Waals surface area (Å²) in [6.45, 7) is 9.05. The van der Waals surface area contributed by atoms with Crippen LogP contribution in [-0.4, -0.2) is 38.0 Å². The summed E-state index contributed by atoms with van der Waals surface area (Å²) in [5.74, 6) is 0.0688. The van der Waals surface area contributed by atoms with E-state index in [0.29, 0.717) is 5.56 Å². The van der Waals surface area contributed by atoms with Crippen LogP contribution in [0.5, 0.6) is 0 Å². The Morgan fingerprint density at radius 3 is 2.16 bits per heavy atom. The van der Waals surface area contributed by atoms with Gasteiger partial charge in [-0.05, 0) is 24.7 Å². The Morgan fingerprint density at radius 2 is 1.60 bits per heavy atom. The maximum absolute atomic E-state index is 11.2. The van der Waals surface area contributed by atoms with Gasteiger partial charge in [-0.1, -0.05) is 70.3 Å². The van der Waals surface area contributed by atoms with Crippen molar-refractivity contribution in [1.82, 2.24) is 5.32 Å². The lowest BCUT2D eigenvalue weighted by molar-refractivity contribution is 0.0693. The molecule has 0 atom stereocenters. The summed E-state index contributed by atoms with van der Waals surface area (Å²) in [7, 11) is -1.09. The standard InChI is InChI=1S/C20H35NO2SSi/c1-4-14-25(15-5-2,16-6-3)17-12-21-11-13-24-19-10-8-7-9-18(19)20(22)23/h7-10,21H,4-6,11-17H2,1-3H3,(H,22,23). The minimum absolute atomic E-state index is 0.410. The molecule has 0 radical (unpaired) electrons. The zero-order valence-corrected chi connectivity index (χ0v) is 18.0. The Balaban J connectivity index is 2.38. The van der Waals surface area contributed by atoms with Crippen molar-refractivity contribution in [3.63, 3.8) is 0 Å². The van der Waals surface area contributed by atoms with E-state index in [1.807, 2.05) is 12.1 Å². The van der Waals surface area contributed by atoms with Gasteiger partial charge in [-0.2, -0.15) is 0 Å². The molecule has 2 N–H and O–H groups in total. The van der Waals surface area contributed by atoms with Crippen molar-refractivity contribution in [2.75, 3.05) is 18.8 Å². The molecule has 0 aliphatic carbocycles. The number of aromatic carboxylic acids is 1. The average Bonchev–Trinajstić information content (AvgIpc) is 2.59. The summed E-state index contributed by atoms with van der Waals surface area (Å²) in [5, 5.41) is 12.8. The lowest BCUT2D eigenvalue weighted by Crippen LogP contribution is -2.37. The molecule has 0 unspecified atom stereocenters. The van der Waals surface area contributed by atoms with Crippen LogP contribution in [0.1, 0.15) is 50.4 Å². The Labute approximate surface area is 159 Å². The predicted octanol–water partition coefficient (Wildman–Crippen LogP) is 5.75. The summed E-state index contributed by atoms with van der Waals surface area (Å²) in [6, 6.07) is 13.1. The highest BCUT2D eigenvalue weighted by atomic mass is 32.2. The van der Waals surface area contributed by atoms with Gasteiger partial charge in [0.05, 0.1) is 13.6 Å². The molecular formula is C20H35NO2SSi. The third-order valence-electron chi connectivity index (χ3n) is 4.83. The fourth-order valence-electron chi connectivity index (χ4n) is 3.82. The quantitative estimate of drug-likeness (QED) is 0.245. The number of nitrogens with one attached hydrogen (secondary N) is 1. The van der Waals surface area contributed by atoms with Crippen molar-refractivity contribution < 1.29 is 9.90 Å². The van der Waals surface area contributed by atoms with Crippen molar-refractivity contribution in [2.24, 2.45) is 0 Å². The van der Waals surface area contributed by atoms with Crippen molar-refractivity contribution in [2.45, 2.75) is 69.1 Å². The molecule has 0 saturated carbocycles. The van der Waals surface area contributed by atoms with Crippen LogP contribution in [0.15, 0.2) is 29.2 Å². The van der Waals surface area contributed by atoms with Crippen LogP contribution in [0, 0.1) is 0 Å². The summed E-state index contributed by atoms with van der Waals surface area (Å²) < 4.78 is 0.